The van der Waals surface area contributed by atoms with Crippen molar-refractivity contribution in [2.45, 2.75) is 74.3 Å². The lowest BCUT2D eigenvalue weighted by molar-refractivity contribution is 0.353. The van der Waals surface area contributed by atoms with Gasteiger partial charge in [-0.25, -0.2) is 8.78 Å². The number of hydrogen-bond acceptors (Lipinski definition) is 1. The number of fused-ring (bicyclic) bond motifs is 1. The van der Waals surface area contributed by atoms with Gasteiger partial charge in [0.2, 0.25) is 0 Å². The average Bonchev–Trinajstić information content (AvgIpc) is 2.71. The number of nitrogens with zero attached hydrogens (tertiary/aromatic N) is 1. The monoisotopic (exact) mass is 473 g/mol. The Morgan fingerprint density at radius 3 is 2.33 bits per heavy atom. The Morgan fingerprint density at radius 1 is 1.09 bits per heavy atom. The lowest BCUT2D eigenvalue weighted by Gasteiger charge is -2.29. The van der Waals surface area contributed by atoms with E-state index in [0.717, 1.165) is 29.9 Å². The van der Waals surface area contributed by atoms with Crippen LogP contribution in [0.4, 0.5) is 8.78 Å². The molecule has 0 saturated carbocycles. The van der Waals surface area contributed by atoms with Crippen molar-refractivity contribution in [3.05, 3.63) is 58.7 Å². The number of allylic oxidation sites excluding steroid dienone is 2. The summed E-state index contributed by atoms with van der Waals surface area (Å²) < 4.78 is 27.5. The Bertz CT molecular complexity index is 1010. The predicted molar refractivity (Wildman–Crippen MR) is 144 cm³/mol. The molecule has 0 aliphatic rings. The van der Waals surface area contributed by atoms with Crippen molar-refractivity contribution in [3.8, 4) is 0 Å². The number of benzene rings is 2. The Labute approximate surface area is 201 Å². The molecule has 4 heteroatoms. The van der Waals surface area contributed by atoms with Gasteiger partial charge in [0.05, 0.1) is 6.04 Å². The first-order valence-electron chi connectivity index (χ1n) is 12.0. The molecule has 182 valence electrons. The van der Waals surface area contributed by atoms with Gasteiger partial charge in [0.1, 0.15) is 0 Å². The third-order valence-corrected chi connectivity index (χ3v) is 8.65. The summed E-state index contributed by atoms with van der Waals surface area (Å²) in [5.74, 6) is -1.63. The maximum atomic E-state index is 13.9. The number of rotatable bonds is 9. The highest BCUT2D eigenvalue weighted by atomic mass is 31.1. The largest absolute Gasteiger partial charge is 0.289 e. The summed E-state index contributed by atoms with van der Waals surface area (Å²) in [6, 6.07) is 6.50. The fraction of sp³-hybridized carbons (Fsp3) is 0.552. The predicted octanol–water partition coefficient (Wildman–Crippen LogP) is 9.14. The van der Waals surface area contributed by atoms with E-state index in [1.807, 2.05) is 25.3 Å². The van der Waals surface area contributed by atoms with Crippen LogP contribution < -0.4 is 0 Å². The fourth-order valence-corrected chi connectivity index (χ4v) is 6.14. The molecule has 0 aliphatic heterocycles. The molecular formula is C29H42F2NP. The van der Waals surface area contributed by atoms with E-state index in [1.54, 1.807) is 5.57 Å². The van der Waals surface area contributed by atoms with Crippen LogP contribution in [0.1, 0.15) is 72.4 Å². The highest BCUT2D eigenvalue weighted by Crippen LogP contribution is 2.41. The van der Waals surface area contributed by atoms with Crippen LogP contribution in [-0.4, -0.2) is 31.2 Å². The van der Waals surface area contributed by atoms with Crippen LogP contribution >= 0.6 is 7.92 Å². The maximum absolute atomic E-state index is 13.9. The van der Waals surface area contributed by atoms with Crippen molar-refractivity contribution < 1.29 is 8.78 Å². The van der Waals surface area contributed by atoms with Gasteiger partial charge in [-0.15, -0.1) is 7.92 Å². The topological polar surface area (TPSA) is 12.4 Å². The van der Waals surface area contributed by atoms with Crippen molar-refractivity contribution in [1.29, 1.82) is 0 Å². The van der Waals surface area contributed by atoms with Gasteiger partial charge in [-0.1, -0.05) is 71.7 Å². The lowest BCUT2D eigenvalue weighted by Crippen LogP contribution is -2.16. The molecule has 1 nitrogen and oxygen atoms in total. The van der Waals surface area contributed by atoms with Crippen molar-refractivity contribution in [1.82, 2.24) is 0 Å². The van der Waals surface area contributed by atoms with Gasteiger partial charge in [-0.05, 0) is 78.6 Å². The maximum Gasteiger partial charge on any atom is 0.159 e. The van der Waals surface area contributed by atoms with Crippen LogP contribution in [0.3, 0.4) is 0 Å². The second kappa shape index (κ2) is 11.2. The summed E-state index contributed by atoms with van der Waals surface area (Å²) in [4.78, 5) is 4.82. The van der Waals surface area contributed by atoms with Crippen LogP contribution in [0.25, 0.3) is 10.8 Å². The Balaban J connectivity index is 2.15. The molecule has 2 aromatic carbocycles. The normalized spacial score (nSPS) is 15.4. The van der Waals surface area contributed by atoms with Gasteiger partial charge in [0.15, 0.2) is 11.6 Å². The highest BCUT2D eigenvalue weighted by molar-refractivity contribution is 7.57. The molecule has 0 fully saturated rings. The Morgan fingerprint density at radius 2 is 1.73 bits per heavy atom. The second-order valence-corrected chi connectivity index (χ2v) is 13.7. The van der Waals surface area contributed by atoms with Crippen molar-refractivity contribution >= 4 is 24.9 Å². The molecule has 33 heavy (non-hydrogen) atoms. The van der Waals surface area contributed by atoms with Gasteiger partial charge in [0, 0.05) is 11.8 Å². The molecule has 0 N–H and O–H groups in total. The summed E-state index contributed by atoms with van der Waals surface area (Å²) in [5.41, 5.74) is 3.95. The first kappa shape index (κ1) is 27.6. The quantitative estimate of drug-likeness (QED) is 0.196. The summed E-state index contributed by atoms with van der Waals surface area (Å²) in [6.45, 7) is 20.4. The minimum absolute atomic E-state index is 0.173. The minimum atomic E-state index is -0.819. The van der Waals surface area contributed by atoms with Crippen molar-refractivity contribution in [2.24, 2.45) is 15.8 Å². The van der Waals surface area contributed by atoms with E-state index in [-0.39, 0.29) is 19.4 Å². The molecule has 2 aromatic rings. The number of aryl methyl sites for hydroxylation is 1. The zero-order chi connectivity index (χ0) is 25.0. The molecule has 0 aliphatic carbocycles. The Hall–Kier alpha value is -1.60. The summed E-state index contributed by atoms with van der Waals surface area (Å²) in [7, 11) is -0.199. The molecule has 2 atom stereocenters. The molecule has 0 amide bonds. The average molecular weight is 474 g/mol. The van der Waals surface area contributed by atoms with Gasteiger partial charge in [-0.3, -0.25) is 4.99 Å². The first-order valence-corrected chi connectivity index (χ1v) is 14.2. The van der Waals surface area contributed by atoms with E-state index in [9.17, 15) is 8.78 Å². The lowest BCUT2D eigenvalue weighted by atomic mass is 9.81. The van der Waals surface area contributed by atoms with Gasteiger partial charge < -0.3 is 0 Å². The van der Waals surface area contributed by atoms with Gasteiger partial charge >= 0.3 is 0 Å². The fourth-order valence-electron chi connectivity index (χ4n) is 3.83. The van der Waals surface area contributed by atoms with E-state index in [0.29, 0.717) is 16.2 Å². The van der Waals surface area contributed by atoms with Crippen molar-refractivity contribution in [3.63, 3.8) is 0 Å². The third-order valence-electron chi connectivity index (χ3n) is 6.62. The zero-order valence-corrected chi connectivity index (χ0v) is 22.9. The SMILES string of the molecule is CCC(C)(C)C/C=C(\CP(C)CC(C)N=Cc1c(C)ccc2cc(F)c(F)cc12)C(C)(C)C. The summed E-state index contributed by atoms with van der Waals surface area (Å²) >= 11 is 0. The molecule has 2 rings (SSSR count). The highest BCUT2D eigenvalue weighted by Gasteiger charge is 2.22. The minimum Gasteiger partial charge on any atom is -0.289 e. The zero-order valence-electron chi connectivity index (χ0n) is 22.0. The molecule has 0 bridgehead atoms. The molecule has 0 spiro atoms. The first-order chi connectivity index (χ1) is 15.2. The molecule has 0 aromatic heterocycles. The van der Waals surface area contributed by atoms with E-state index in [2.05, 4.69) is 61.2 Å². The van der Waals surface area contributed by atoms with E-state index in [4.69, 9.17) is 4.99 Å². The van der Waals surface area contributed by atoms with Crippen molar-refractivity contribution in [2.75, 3.05) is 19.0 Å². The molecule has 0 saturated heterocycles. The second-order valence-electron chi connectivity index (χ2n) is 11.3. The number of hydrogen-bond donors (Lipinski definition) is 0. The number of aliphatic imine (C=N–C) groups is 1. The smallest absolute Gasteiger partial charge is 0.159 e. The molecule has 2 unspecified atom stereocenters. The summed E-state index contributed by atoms with van der Waals surface area (Å²) in [6.07, 6.45) is 8.82. The van der Waals surface area contributed by atoms with E-state index in [1.165, 1.54) is 18.6 Å². The van der Waals surface area contributed by atoms with E-state index >= 15 is 0 Å². The molecular weight excluding hydrogens is 431 g/mol. The third kappa shape index (κ3) is 7.99. The van der Waals surface area contributed by atoms with Crippen LogP contribution in [0.5, 0.6) is 0 Å². The van der Waals surface area contributed by atoms with Gasteiger partial charge in [0.25, 0.3) is 0 Å². The van der Waals surface area contributed by atoms with E-state index < -0.39 is 11.6 Å². The van der Waals surface area contributed by atoms with Crippen LogP contribution in [0.15, 0.2) is 40.9 Å². The van der Waals surface area contributed by atoms with Crippen LogP contribution in [-0.2, 0) is 0 Å². The standard InChI is InChI=1S/C29H42F2NP/c1-10-29(7,8)14-13-23(28(4,5)6)19-33(9)18-21(3)32-17-25-20(2)11-12-22-15-26(30)27(31)16-24(22)25/h11-13,15-17,21H,10,14,18-19H2,1-9H3/b23-13+,32-17?. The Kier molecular flexibility index (Phi) is 9.40. The molecule has 0 radical (unpaired) electrons. The number of halogens is 2. The molecule has 0 heterocycles. The summed E-state index contributed by atoms with van der Waals surface area (Å²) in [5, 5.41) is 1.40. The van der Waals surface area contributed by atoms with Gasteiger partial charge in [-0.2, -0.15) is 0 Å². The van der Waals surface area contributed by atoms with Crippen LogP contribution in [0, 0.1) is 29.4 Å². The van der Waals surface area contributed by atoms with Crippen LogP contribution in [0.2, 0.25) is 0 Å².